The number of imidazole rings is 1. The molecule has 0 spiro atoms. The molecule has 3 aromatic heterocycles. The molecular formula is C26H23F3N4O8. The molecule has 4 aromatic rings. The number of alkyl halides is 3. The molecule has 0 aliphatic carbocycles. The molecule has 0 bridgehead atoms. The number of nitrogens with zero attached hydrogens (tertiary/aromatic N) is 4. The highest BCUT2D eigenvalue weighted by atomic mass is 19.4. The third-order valence-electron chi connectivity index (χ3n) is 6.15. The second kappa shape index (κ2) is 11.5. The molecule has 0 unspecified atom stereocenters. The molecule has 1 saturated heterocycles. The number of benzene rings is 1. The minimum absolute atomic E-state index is 0.00826. The van der Waals surface area contributed by atoms with Gasteiger partial charge in [0.2, 0.25) is 5.65 Å². The zero-order chi connectivity index (χ0) is 29.1. The summed E-state index contributed by atoms with van der Waals surface area (Å²) in [4.78, 5) is 32.7. The Bertz CT molecular complexity index is 1570. The number of ether oxygens (including phenoxy) is 4. The van der Waals surface area contributed by atoms with Gasteiger partial charge in [0, 0.05) is 25.2 Å². The number of rotatable bonds is 9. The van der Waals surface area contributed by atoms with Crippen molar-refractivity contribution in [3.63, 3.8) is 0 Å². The first-order valence-electron chi connectivity index (χ1n) is 12.4. The van der Waals surface area contributed by atoms with Crippen LogP contribution in [0.2, 0.25) is 0 Å². The lowest BCUT2D eigenvalue weighted by atomic mass is 10.1. The Labute approximate surface area is 229 Å². The summed E-state index contributed by atoms with van der Waals surface area (Å²) in [5, 5.41) is 12.5. The van der Waals surface area contributed by atoms with Crippen molar-refractivity contribution in [2.24, 2.45) is 0 Å². The van der Waals surface area contributed by atoms with E-state index in [0.717, 1.165) is 6.26 Å². The molecule has 4 heterocycles. The molecule has 1 aliphatic rings. The van der Waals surface area contributed by atoms with Crippen LogP contribution >= 0.6 is 0 Å². The maximum absolute atomic E-state index is 13.3. The summed E-state index contributed by atoms with van der Waals surface area (Å²) in [7, 11) is 0. The highest BCUT2D eigenvalue weighted by Gasteiger charge is 2.38. The number of aliphatic hydroxyl groups is 1. The van der Waals surface area contributed by atoms with Gasteiger partial charge in [0.1, 0.15) is 12.0 Å². The first kappa shape index (κ1) is 28.0. The first-order valence-corrected chi connectivity index (χ1v) is 12.4. The summed E-state index contributed by atoms with van der Waals surface area (Å²) in [5.74, 6) is -0.836. The fourth-order valence-electron chi connectivity index (χ4n) is 4.17. The van der Waals surface area contributed by atoms with Crippen LogP contribution < -0.4 is 4.74 Å². The van der Waals surface area contributed by atoms with Crippen LogP contribution in [0.5, 0.6) is 11.6 Å². The van der Waals surface area contributed by atoms with Crippen molar-refractivity contribution >= 4 is 17.6 Å². The van der Waals surface area contributed by atoms with E-state index in [4.69, 9.17) is 18.9 Å². The molecule has 0 radical (unpaired) electrons. The standard InChI is InChI=1S/C26H23F3N4O8/c1-14-9-16(3-4-17(14)24(35)37-7-2-8-38-25(36)20-10-15(34)12-39-20)41-23-22-31-11-19(33(22)6-5-30-23)18-13-40-32-21(18)26(27,28)29/h3-6,9,11,13,15,20,34H,2,7-8,10,12H2,1H3/t15-,20+/m1/s1. The molecule has 1 aromatic carbocycles. The fourth-order valence-corrected chi connectivity index (χ4v) is 4.17. The summed E-state index contributed by atoms with van der Waals surface area (Å²) in [6, 6.07) is 4.59. The van der Waals surface area contributed by atoms with Crippen molar-refractivity contribution in [3.05, 3.63) is 59.9 Å². The van der Waals surface area contributed by atoms with Gasteiger partial charge in [-0.1, -0.05) is 5.16 Å². The van der Waals surface area contributed by atoms with E-state index in [0.29, 0.717) is 11.3 Å². The van der Waals surface area contributed by atoms with E-state index in [-0.39, 0.29) is 61.0 Å². The predicted molar refractivity (Wildman–Crippen MR) is 131 cm³/mol. The van der Waals surface area contributed by atoms with Gasteiger partial charge in [-0.3, -0.25) is 4.40 Å². The van der Waals surface area contributed by atoms with Crippen LogP contribution in [-0.4, -0.2) is 68.6 Å². The van der Waals surface area contributed by atoms with Crippen molar-refractivity contribution in [3.8, 4) is 22.9 Å². The lowest BCUT2D eigenvalue weighted by Gasteiger charge is -2.11. The van der Waals surface area contributed by atoms with Gasteiger partial charge < -0.3 is 28.6 Å². The molecule has 12 nitrogen and oxygen atoms in total. The van der Waals surface area contributed by atoms with E-state index < -0.39 is 36.0 Å². The zero-order valence-electron chi connectivity index (χ0n) is 21.5. The van der Waals surface area contributed by atoms with E-state index in [1.165, 1.54) is 35.1 Å². The maximum atomic E-state index is 13.3. The van der Waals surface area contributed by atoms with Gasteiger partial charge in [-0.05, 0) is 30.7 Å². The average Bonchev–Trinajstić information content (AvgIpc) is 3.68. The largest absolute Gasteiger partial charge is 0.464 e. The summed E-state index contributed by atoms with van der Waals surface area (Å²) >= 11 is 0. The Morgan fingerprint density at radius 3 is 2.73 bits per heavy atom. The van der Waals surface area contributed by atoms with Crippen LogP contribution in [0.4, 0.5) is 13.2 Å². The summed E-state index contributed by atoms with van der Waals surface area (Å²) in [6.45, 7) is 1.80. The number of aryl methyl sites for hydroxylation is 1. The lowest BCUT2D eigenvalue weighted by molar-refractivity contribution is -0.154. The van der Waals surface area contributed by atoms with Gasteiger partial charge >= 0.3 is 18.1 Å². The van der Waals surface area contributed by atoms with Crippen molar-refractivity contribution < 1.29 is 51.3 Å². The van der Waals surface area contributed by atoms with E-state index in [2.05, 4.69) is 19.6 Å². The Balaban J connectivity index is 1.20. The Hall–Kier alpha value is -4.50. The van der Waals surface area contributed by atoms with Crippen LogP contribution in [0.3, 0.4) is 0 Å². The smallest absolute Gasteiger partial charge is 0.437 e. The second-order valence-electron chi connectivity index (χ2n) is 9.09. The van der Waals surface area contributed by atoms with Crippen LogP contribution in [0.15, 0.2) is 47.6 Å². The number of hydrogen-bond acceptors (Lipinski definition) is 11. The van der Waals surface area contributed by atoms with Crippen molar-refractivity contribution in [2.45, 2.75) is 38.1 Å². The molecule has 1 N–H and O–H groups in total. The van der Waals surface area contributed by atoms with Crippen LogP contribution in [0.1, 0.15) is 34.5 Å². The highest BCUT2D eigenvalue weighted by molar-refractivity contribution is 5.91. The molecule has 41 heavy (non-hydrogen) atoms. The number of esters is 2. The minimum Gasteiger partial charge on any atom is -0.464 e. The van der Waals surface area contributed by atoms with Gasteiger partial charge in [0.25, 0.3) is 5.88 Å². The number of hydrogen-bond donors (Lipinski definition) is 1. The zero-order valence-corrected chi connectivity index (χ0v) is 21.5. The predicted octanol–water partition coefficient (Wildman–Crippen LogP) is 3.74. The highest BCUT2D eigenvalue weighted by Crippen LogP contribution is 2.37. The molecule has 0 saturated carbocycles. The second-order valence-corrected chi connectivity index (χ2v) is 9.09. The van der Waals surface area contributed by atoms with Crippen molar-refractivity contribution in [1.82, 2.24) is 19.5 Å². The molecule has 1 fully saturated rings. The number of aliphatic hydroxyl groups excluding tert-OH is 1. The third kappa shape index (κ3) is 6.15. The summed E-state index contributed by atoms with van der Waals surface area (Å²) in [5.41, 5.74) is -0.432. The SMILES string of the molecule is Cc1cc(Oc2nccn3c(-c4conc4C(F)(F)F)cnc23)ccc1C(=O)OCCCOC(=O)[C@@H]1C[C@@H](O)CO1. The number of carbonyl (C=O) groups excluding carboxylic acids is 2. The van der Waals surface area contributed by atoms with Crippen molar-refractivity contribution in [1.29, 1.82) is 0 Å². The Kier molecular flexibility index (Phi) is 7.90. The Morgan fingerprint density at radius 2 is 2.00 bits per heavy atom. The summed E-state index contributed by atoms with van der Waals surface area (Å²) < 4.78 is 67.2. The molecular weight excluding hydrogens is 553 g/mol. The molecule has 15 heteroatoms. The molecule has 0 amide bonds. The molecule has 2 atom stereocenters. The normalized spacial score (nSPS) is 17.1. The lowest BCUT2D eigenvalue weighted by Crippen LogP contribution is -2.23. The maximum Gasteiger partial charge on any atom is 0.437 e. The number of carbonyl (C=O) groups is 2. The molecule has 5 rings (SSSR count). The van der Waals surface area contributed by atoms with Crippen LogP contribution in [0.25, 0.3) is 16.9 Å². The van der Waals surface area contributed by atoms with Crippen molar-refractivity contribution in [2.75, 3.05) is 19.8 Å². The topological polar surface area (TPSA) is 148 Å². The minimum atomic E-state index is -4.72. The molecule has 216 valence electrons. The monoisotopic (exact) mass is 576 g/mol. The van der Waals surface area contributed by atoms with Gasteiger partial charge in [0.15, 0.2) is 11.8 Å². The van der Waals surface area contributed by atoms with E-state index >= 15 is 0 Å². The van der Waals surface area contributed by atoms with E-state index in [1.54, 1.807) is 13.0 Å². The molecule has 1 aliphatic heterocycles. The Morgan fingerprint density at radius 1 is 1.20 bits per heavy atom. The first-order chi connectivity index (χ1) is 19.6. The van der Waals surface area contributed by atoms with Gasteiger partial charge in [-0.25, -0.2) is 19.6 Å². The van der Waals surface area contributed by atoms with Gasteiger partial charge in [-0.2, -0.15) is 13.2 Å². The summed E-state index contributed by atoms with van der Waals surface area (Å²) in [6.07, 6.45) is -0.850. The average molecular weight is 576 g/mol. The van der Waals surface area contributed by atoms with E-state index in [1.807, 2.05) is 0 Å². The quantitative estimate of drug-likeness (QED) is 0.229. The number of halogens is 3. The number of fused-ring (bicyclic) bond motifs is 1. The van der Waals surface area contributed by atoms with E-state index in [9.17, 15) is 27.9 Å². The number of aromatic nitrogens is 4. The van der Waals surface area contributed by atoms with Gasteiger partial charge in [-0.15, -0.1) is 0 Å². The van der Waals surface area contributed by atoms with Crippen LogP contribution in [0, 0.1) is 6.92 Å². The fraction of sp³-hybridized carbons (Fsp3) is 0.346. The van der Waals surface area contributed by atoms with Crippen LogP contribution in [-0.2, 0) is 25.2 Å². The third-order valence-corrected chi connectivity index (χ3v) is 6.15. The van der Waals surface area contributed by atoms with Gasteiger partial charge in [0.05, 0.1) is 48.9 Å².